The first-order valence-electron chi connectivity index (χ1n) is 13.8. The van der Waals surface area contributed by atoms with Gasteiger partial charge in [-0.1, -0.05) is 59.4 Å². The van der Waals surface area contributed by atoms with Crippen molar-refractivity contribution >= 4 is 23.5 Å². The average molecular weight is 567 g/mol. The summed E-state index contributed by atoms with van der Waals surface area (Å²) in [6.45, 7) is 8.59. The van der Waals surface area contributed by atoms with Crippen molar-refractivity contribution in [3.63, 3.8) is 0 Å². The van der Waals surface area contributed by atoms with Crippen molar-refractivity contribution in [3.05, 3.63) is 95.3 Å². The number of carbonyl (C=O) groups is 2. The Labute approximate surface area is 247 Å². The van der Waals surface area contributed by atoms with E-state index in [-0.39, 0.29) is 19.2 Å². The van der Waals surface area contributed by atoms with Gasteiger partial charge < -0.3 is 14.8 Å². The minimum atomic E-state index is -0.0421. The Bertz CT molecular complexity index is 1600. The number of ether oxygens (including phenoxy) is 2. The van der Waals surface area contributed by atoms with Gasteiger partial charge >= 0.3 is 0 Å². The van der Waals surface area contributed by atoms with Crippen LogP contribution in [0.15, 0.2) is 73.1 Å². The molecule has 0 unspecified atom stereocenters. The van der Waals surface area contributed by atoms with Crippen LogP contribution in [-0.2, 0) is 22.4 Å². The highest BCUT2D eigenvalue weighted by molar-refractivity contribution is 6.00. The molecular formula is C34H38N4O4. The lowest BCUT2D eigenvalue weighted by Crippen LogP contribution is -2.21. The second-order valence-electron chi connectivity index (χ2n) is 10.8. The molecule has 4 aromatic rings. The van der Waals surface area contributed by atoms with Crippen molar-refractivity contribution in [2.45, 2.75) is 59.8 Å². The lowest BCUT2D eigenvalue weighted by atomic mass is 10.0. The molecule has 0 radical (unpaired) electrons. The molecule has 0 aliphatic carbocycles. The molecule has 0 fully saturated rings. The summed E-state index contributed by atoms with van der Waals surface area (Å²) in [5, 5.41) is 2.72. The van der Waals surface area contributed by atoms with Gasteiger partial charge in [0.1, 0.15) is 34.6 Å². The SMILES string of the molecule is C.CC(C)c1cccc(Oc2ccnc3c2CC(=O)N3)c1.CC(C)c1cccc(Oc2ccnc3c2CC(=O)N3C)c1. The van der Waals surface area contributed by atoms with Gasteiger partial charge in [0.15, 0.2) is 0 Å². The predicted molar refractivity (Wildman–Crippen MR) is 166 cm³/mol. The van der Waals surface area contributed by atoms with E-state index in [2.05, 4.69) is 55.1 Å². The number of likely N-dealkylation sites (N-methyl/N-ethyl adjacent to an activating group) is 1. The van der Waals surface area contributed by atoms with E-state index >= 15 is 0 Å². The van der Waals surface area contributed by atoms with E-state index in [0.29, 0.717) is 47.8 Å². The molecule has 0 spiro atoms. The molecule has 4 heterocycles. The maximum atomic E-state index is 11.8. The quantitative estimate of drug-likeness (QED) is 0.258. The molecule has 0 bridgehead atoms. The van der Waals surface area contributed by atoms with Gasteiger partial charge in [-0.25, -0.2) is 9.97 Å². The van der Waals surface area contributed by atoms with Crippen molar-refractivity contribution in [1.82, 2.24) is 9.97 Å². The van der Waals surface area contributed by atoms with Gasteiger partial charge in [-0.3, -0.25) is 14.5 Å². The van der Waals surface area contributed by atoms with Crippen molar-refractivity contribution < 1.29 is 19.1 Å². The van der Waals surface area contributed by atoms with Gasteiger partial charge in [-0.2, -0.15) is 0 Å². The average Bonchev–Trinajstić information content (AvgIpc) is 3.49. The van der Waals surface area contributed by atoms with E-state index < -0.39 is 0 Å². The Balaban J connectivity index is 0.000000189. The molecule has 0 saturated carbocycles. The molecule has 6 rings (SSSR count). The van der Waals surface area contributed by atoms with Gasteiger partial charge in [0.05, 0.1) is 12.8 Å². The molecule has 42 heavy (non-hydrogen) atoms. The summed E-state index contributed by atoms with van der Waals surface area (Å²) in [4.78, 5) is 33.2. The molecule has 2 aliphatic heterocycles. The number of carbonyl (C=O) groups excluding carboxylic acids is 2. The van der Waals surface area contributed by atoms with E-state index in [1.54, 1.807) is 30.4 Å². The molecule has 2 aromatic carbocycles. The zero-order chi connectivity index (χ0) is 29.1. The molecule has 2 amide bonds. The van der Waals surface area contributed by atoms with E-state index in [4.69, 9.17) is 9.47 Å². The number of fused-ring (bicyclic) bond motifs is 2. The molecule has 8 nitrogen and oxygen atoms in total. The van der Waals surface area contributed by atoms with Gasteiger partial charge in [-0.05, 0) is 59.4 Å². The Morgan fingerprint density at radius 1 is 0.762 bits per heavy atom. The lowest BCUT2D eigenvalue weighted by molar-refractivity contribution is -0.117. The van der Waals surface area contributed by atoms with Crippen LogP contribution in [0, 0.1) is 0 Å². The summed E-state index contributed by atoms with van der Waals surface area (Å²) in [6, 6.07) is 19.7. The summed E-state index contributed by atoms with van der Waals surface area (Å²) in [7, 11) is 1.74. The van der Waals surface area contributed by atoms with Crippen LogP contribution in [0.3, 0.4) is 0 Å². The molecule has 1 N–H and O–H groups in total. The first-order chi connectivity index (χ1) is 19.7. The van der Waals surface area contributed by atoms with Crippen LogP contribution in [0.25, 0.3) is 0 Å². The van der Waals surface area contributed by atoms with Crippen molar-refractivity contribution in [1.29, 1.82) is 0 Å². The predicted octanol–water partition coefficient (Wildman–Crippen LogP) is 7.64. The molecule has 0 atom stereocenters. The summed E-state index contributed by atoms with van der Waals surface area (Å²) >= 11 is 0. The zero-order valence-corrected chi connectivity index (χ0v) is 24.0. The Kier molecular flexibility index (Phi) is 9.25. The monoisotopic (exact) mass is 566 g/mol. The summed E-state index contributed by atoms with van der Waals surface area (Å²) in [6.07, 6.45) is 3.99. The number of hydrogen-bond acceptors (Lipinski definition) is 6. The van der Waals surface area contributed by atoms with Gasteiger partial charge in [0, 0.05) is 30.6 Å². The Hall–Kier alpha value is -4.72. The van der Waals surface area contributed by atoms with Crippen LogP contribution < -0.4 is 19.7 Å². The topological polar surface area (TPSA) is 93.6 Å². The third kappa shape index (κ3) is 6.60. The van der Waals surface area contributed by atoms with Crippen LogP contribution in [0.1, 0.15) is 69.2 Å². The number of benzene rings is 2. The summed E-state index contributed by atoms with van der Waals surface area (Å²) < 4.78 is 11.9. The minimum absolute atomic E-state index is 0. The molecule has 8 heteroatoms. The molecule has 218 valence electrons. The fourth-order valence-corrected chi connectivity index (χ4v) is 4.72. The van der Waals surface area contributed by atoms with E-state index in [1.165, 1.54) is 11.1 Å². The minimum Gasteiger partial charge on any atom is -0.457 e. The first-order valence-corrected chi connectivity index (χ1v) is 13.8. The standard InChI is InChI=1S/C17H18N2O2.C16H16N2O2.CH4/c1-11(2)12-5-4-6-13(9-12)21-15-7-8-18-17-14(15)10-16(20)19(17)3;1-10(2)11-4-3-5-12(8-11)20-14-6-7-17-16-13(14)9-15(19)18-16;/h4-9,11H,10H2,1-3H3;3-8,10H,9H2,1-2H3,(H,17,18,19);1H4. The third-order valence-corrected chi connectivity index (χ3v) is 7.12. The number of aromatic nitrogens is 2. The molecule has 2 aromatic heterocycles. The largest absolute Gasteiger partial charge is 0.457 e. The molecule has 0 saturated heterocycles. The van der Waals surface area contributed by atoms with Crippen molar-refractivity contribution in [2.75, 3.05) is 17.3 Å². The van der Waals surface area contributed by atoms with Crippen molar-refractivity contribution in [3.8, 4) is 23.0 Å². The highest BCUT2D eigenvalue weighted by atomic mass is 16.5. The smallest absolute Gasteiger partial charge is 0.232 e. The molecule has 2 aliphatic rings. The van der Waals surface area contributed by atoms with Gasteiger partial charge in [0.25, 0.3) is 0 Å². The van der Waals surface area contributed by atoms with E-state index in [9.17, 15) is 9.59 Å². The Morgan fingerprint density at radius 2 is 1.31 bits per heavy atom. The lowest BCUT2D eigenvalue weighted by Gasteiger charge is -2.12. The van der Waals surface area contributed by atoms with Crippen LogP contribution in [0.2, 0.25) is 0 Å². The summed E-state index contributed by atoms with van der Waals surface area (Å²) in [5.74, 6) is 5.16. The number of amides is 2. The molecular weight excluding hydrogens is 528 g/mol. The number of nitrogens with zero attached hydrogens (tertiary/aromatic N) is 3. The first kappa shape index (κ1) is 30.2. The Morgan fingerprint density at radius 3 is 1.88 bits per heavy atom. The van der Waals surface area contributed by atoms with Crippen LogP contribution in [-0.4, -0.2) is 28.8 Å². The highest BCUT2D eigenvalue weighted by Crippen LogP contribution is 2.36. The maximum Gasteiger partial charge on any atom is 0.232 e. The van der Waals surface area contributed by atoms with E-state index in [0.717, 1.165) is 22.6 Å². The number of hydrogen-bond donors (Lipinski definition) is 1. The van der Waals surface area contributed by atoms with Gasteiger partial charge in [-0.15, -0.1) is 0 Å². The van der Waals surface area contributed by atoms with E-state index in [1.807, 2.05) is 42.5 Å². The summed E-state index contributed by atoms with van der Waals surface area (Å²) in [5.41, 5.74) is 4.14. The van der Waals surface area contributed by atoms with Crippen LogP contribution >= 0.6 is 0 Å². The number of rotatable bonds is 6. The van der Waals surface area contributed by atoms with Crippen LogP contribution in [0.5, 0.6) is 23.0 Å². The maximum absolute atomic E-state index is 11.8. The van der Waals surface area contributed by atoms with Crippen LogP contribution in [0.4, 0.5) is 11.6 Å². The fraction of sp³-hybridized carbons (Fsp3) is 0.294. The second-order valence-corrected chi connectivity index (χ2v) is 10.8. The normalized spacial score (nSPS) is 13.2. The number of pyridine rings is 2. The zero-order valence-electron chi connectivity index (χ0n) is 24.0. The second kappa shape index (κ2) is 12.9. The number of nitrogens with one attached hydrogen (secondary N) is 1. The highest BCUT2D eigenvalue weighted by Gasteiger charge is 2.28. The van der Waals surface area contributed by atoms with Gasteiger partial charge in [0.2, 0.25) is 11.8 Å². The van der Waals surface area contributed by atoms with Crippen molar-refractivity contribution in [2.24, 2.45) is 0 Å². The fourth-order valence-electron chi connectivity index (χ4n) is 4.72. The third-order valence-electron chi connectivity index (χ3n) is 7.12. The number of anilines is 2.